The van der Waals surface area contributed by atoms with Crippen LogP contribution in [-0.2, 0) is 9.53 Å². The number of esters is 1. The van der Waals surface area contributed by atoms with Gasteiger partial charge in [-0.25, -0.2) is 9.59 Å². The summed E-state index contributed by atoms with van der Waals surface area (Å²) >= 11 is 7.47. The SMILES string of the molecule is COC(=O)C1=C(CSc2nnnn2-c2cccc(Cl)c2)N(C2CC2)C(=O)NC1c1ccccc1. The molecule has 2 aliphatic rings. The number of benzene rings is 2. The standard InChI is InChI=1S/C23H21ClN6O3S/c1-33-21(31)19-18(13-34-23-26-27-28-30(23)17-9-5-8-15(24)12-17)29(16-10-11-16)22(32)25-20(19)14-6-3-2-4-7-14/h2-9,12,16,20H,10-11,13H2,1H3,(H,25,32). The molecular weight excluding hydrogens is 476 g/mol. The van der Waals surface area contributed by atoms with Crippen LogP contribution < -0.4 is 5.32 Å². The molecule has 0 saturated heterocycles. The lowest BCUT2D eigenvalue weighted by atomic mass is 9.95. The molecule has 1 fully saturated rings. The van der Waals surface area contributed by atoms with Crippen molar-refractivity contribution in [2.75, 3.05) is 12.9 Å². The maximum absolute atomic E-state index is 13.2. The molecule has 1 aliphatic heterocycles. The van der Waals surface area contributed by atoms with Gasteiger partial charge in [0, 0.05) is 22.5 Å². The number of nitrogens with one attached hydrogen (secondary N) is 1. The van der Waals surface area contributed by atoms with Crippen molar-refractivity contribution in [3.05, 3.63) is 76.5 Å². The summed E-state index contributed by atoms with van der Waals surface area (Å²) in [7, 11) is 1.35. The number of nitrogens with zero attached hydrogens (tertiary/aromatic N) is 5. The average Bonchev–Trinajstić information content (AvgIpc) is 3.58. The molecule has 9 nitrogen and oxygen atoms in total. The summed E-state index contributed by atoms with van der Waals surface area (Å²) in [6.07, 6.45) is 1.76. The number of rotatable bonds is 7. The van der Waals surface area contributed by atoms with E-state index in [1.165, 1.54) is 18.9 Å². The normalized spacial score (nSPS) is 18.1. The highest BCUT2D eigenvalue weighted by Gasteiger charge is 2.44. The summed E-state index contributed by atoms with van der Waals surface area (Å²) in [6, 6.07) is 15.8. The van der Waals surface area contributed by atoms with Crippen molar-refractivity contribution in [3.63, 3.8) is 0 Å². The van der Waals surface area contributed by atoms with Crippen molar-refractivity contribution in [3.8, 4) is 5.69 Å². The van der Waals surface area contributed by atoms with E-state index in [0.29, 0.717) is 32.9 Å². The Morgan fingerprint density at radius 1 is 1.21 bits per heavy atom. The van der Waals surface area contributed by atoms with Crippen molar-refractivity contribution in [1.82, 2.24) is 30.4 Å². The number of thioether (sulfide) groups is 1. The van der Waals surface area contributed by atoms with Crippen molar-refractivity contribution in [1.29, 1.82) is 0 Å². The van der Waals surface area contributed by atoms with Crippen LogP contribution in [0.4, 0.5) is 4.79 Å². The quantitative estimate of drug-likeness (QED) is 0.392. The Hall–Kier alpha value is -3.37. The maximum atomic E-state index is 13.2. The molecule has 1 saturated carbocycles. The van der Waals surface area contributed by atoms with Crippen LogP contribution in [0.1, 0.15) is 24.4 Å². The Morgan fingerprint density at radius 2 is 2.00 bits per heavy atom. The van der Waals surface area contributed by atoms with E-state index in [4.69, 9.17) is 16.3 Å². The minimum absolute atomic E-state index is 0.0518. The summed E-state index contributed by atoms with van der Waals surface area (Å²) < 4.78 is 6.73. The number of carbonyl (C=O) groups is 2. The van der Waals surface area contributed by atoms with Gasteiger partial charge in [0.1, 0.15) is 0 Å². The van der Waals surface area contributed by atoms with Crippen LogP contribution in [-0.4, -0.2) is 56.0 Å². The van der Waals surface area contributed by atoms with E-state index in [1.807, 2.05) is 42.5 Å². The van der Waals surface area contributed by atoms with Crippen LogP contribution in [0.5, 0.6) is 0 Å². The topological polar surface area (TPSA) is 102 Å². The van der Waals surface area contributed by atoms with E-state index in [2.05, 4.69) is 20.8 Å². The van der Waals surface area contributed by atoms with Gasteiger partial charge in [0.15, 0.2) is 0 Å². The minimum atomic E-state index is -0.615. The number of carbonyl (C=O) groups excluding carboxylic acids is 2. The van der Waals surface area contributed by atoms with E-state index in [1.54, 1.807) is 21.7 Å². The van der Waals surface area contributed by atoms with Gasteiger partial charge in [0.25, 0.3) is 0 Å². The summed E-state index contributed by atoms with van der Waals surface area (Å²) in [5.41, 5.74) is 2.54. The molecule has 1 atom stereocenters. The first-order valence-corrected chi connectivity index (χ1v) is 12.1. The van der Waals surface area contributed by atoms with Crippen molar-refractivity contribution in [2.24, 2.45) is 0 Å². The first-order valence-electron chi connectivity index (χ1n) is 10.7. The van der Waals surface area contributed by atoms with Crippen LogP contribution in [0, 0.1) is 0 Å². The largest absolute Gasteiger partial charge is 0.466 e. The van der Waals surface area contributed by atoms with Gasteiger partial charge in [-0.1, -0.05) is 59.8 Å². The smallest absolute Gasteiger partial charge is 0.338 e. The third kappa shape index (κ3) is 4.38. The first-order chi connectivity index (χ1) is 16.6. The molecule has 2 amide bonds. The minimum Gasteiger partial charge on any atom is -0.466 e. The lowest BCUT2D eigenvalue weighted by molar-refractivity contribution is -0.136. The van der Waals surface area contributed by atoms with E-state index >= 15 is 0 Å². The molecule has 0 bridgehead atoms. The van der Waals surface area contributed by atoms with E-state index in [-0.39, 0.29) is 12.1 Å². The van der Waals surface area contributed by atoms with Crippen LogP contribution in [0.15, 0.2) is 71.0 Å². The van der Waals surface area contributed by atoms with Crippen molar-refractivity contribution >= 4 is 35.4 Å². The van der Waals surface area contributed by atoms with Crippen LogP contribution in [0.2, 0.25) is 5.02 Å². The molecule has 11 heteroatoms. The second-order valence-electron chi connectivity index (χ2n) is 7.89. The molecule has 2 aromatic carbocycles. The van der Waals surface area contributed by atoms with Gasteiger partial charge < -0.3 is 10.1 Å². The molecule has 1 aliphatic carbocycles. The highest BCUT2D eigenvalue weighted by Crippen LogP contribution is 2.40. The van der Waals surface area contributed by atoms with Crippen LogP contribution >= 0.6 is 23.4 Å². The van der Waals surface area contributed by atoms with Crippen molar-refractivity contribution < 1.29 is 14.3 Å². The number of methoxy groups -OCH3 is 1. The fourth-order valence-electron chi connectivity index (χ4n) is 3.96. The fourth-order valence-corrected chi connectivity index (χ4v) is 5.07. The number of hydrogen-bond acceptors (Lipinski definition) is 7. The number of halogens is 1. The summed E-state index contributed by atoms with van der Waals surface area (Å²) in [5, 5.41) is 16.1. The number of tetrazole rings is 1. The van der Waals surface area contributed by atoms with E-state index in [9.17, 15) is 9.59 Å². The number of aromatic nitrogens is 4. The lowest BCUT2D eigenvalue weighted by Gasteiger charge is -2.36. The number of amides is 2. The Morgan fingerprint density at radius 3 is 2.71 bits per heavy atom. The molecule has 174 valence electrons. The molecule has 34 heavy (non-hydrogen) atoms. The highest BCUT2D eigenvalue weighted by atomic mass is 35.5. The van der Waals surface area contributed by atoms with Gasteiger partial charge in [0.2, 0.25) is 5.16 Å². The first kappa shape index (κ1) is 22.4. The molecule has 1 aromatic heterocycles. The summed E-state index contributed by atoms with van der Waals surface area (Å²) in [5.74, 6) is -0.178. The molecular formula is C23H21ClN6O3S. The third-order valence-electron chi connectivity index (χ3n) is 5.66. The Kier molecular flexibility index (Phi) is 6.25. The lowest BCUT2D eigenvalue weighted by Crippen LogP contribution is -2.50. The van der Waals surface area contributed by atoms with Gasteiger partial charge in [-0.15, -0.1) is 5.10 Å². The van der Waals surface area contributed by atoms with E-state index < -0.39 is 12.0 Å². The predicted octanol–water partition coefficient (Wildman–Crippen LogP) is 3.76. The van der Waals surface area contributed by atoms with Crippen LogP contribution in [0.3, 0.4) is 0 Å². The maximum Gasteiger partial charge on any atom is 0.338 e. The van der Waals surface area contributed by atoms with Gasteiger partial charge in [-0.05, 0) is 47.0 Å². The van der Waals surface area contributed by atoms with Gasteiger partial charge in [-0.2, -0.15) is 4.68 Å². The zero-order valence-electron chi connectivity index (χ0n) is 18.2. The molecule has 0 radical (unpaired) electrons. The van der Waals surface area contributed by atoms with E-state index in [0.717, 1.165) is 18.4 Å². The van der Waals surface area contributed by atoms with Crippen molar-refractivity contribution in [2.45, 2.75) is 30.1 Å². The zero-order valence-corrected chi connectivity index (χ0v) is 19.8. The van der Waals surface area contributed by atoms with Gasteiger partial charge >= 0.3 is 12.0 Å². The molecule has 3 aromatic rings. The second kappa shape index (κ2) is 9.47. The summed E-state index contributed by atoms with van der Waals surface area (Å²) in [4.78, 5) is 27.9. The highest BCUT2D eigenvalue weighted by molar-refractivity contribution is 7.99. The van der Waals surface area contributed by atoms with Gasteiger partial charge in [0.05, 0.1) is 24.4 Å². The fraction of sp³-hybridized carbons (Fsp3) is 0.261. The number of ether oxygens (including phenoxy) is 1. The Balaban J connectivity index is 1.54. The molecule has 1 unspecified atom stereocenters. The number of hydrogen-bond donors (Lipinski definition) is 1. The molecule has 5 rings (SSSR count). The zero-order chi connectivity index (χ0) is 23.7. The number of urea groups is 1. The monoisotopic (exact) mass is 496 g/mol. The van der Waals surface area contributed by atoms with Gasteiger partial charge in [-0.3, -0.25) is 4.90 Å². The molecule has 2 heterocycles. The second-order valence-corrected chi connectivity index (χ2v) is 9.27. The third-order valence-corrected chi connectivity index (χ3v) is 6.82. The Bertz CT molecular complexity index is 1260. The average molecular weight is 497 g/mol. The predicted molar refractivity (Wildman–Crippen MR) is 127 cm³/mol. The van der Waals surface area contributed by atoms with Crippen LogP contribution in [0.25, 0.3) is 5.69 Å². The summed E-state index contributed by atoms with van der Waals surface area (Å²) in [6.45, 7) is 0. The molecule has 0 spiro atoms. The Labute approximate surface area is 205 Å². The molecule has 1 N–H and O–H groups in total.